The van der Waals surface area contributed by atoms with Crippen molar-refractivity contribution >= 4 is 5.97 Å². The van der Waals surface area contributed by atoms with Crippen LogP contribution < -0.4 is 0 Å². The molecular formula is C17H26F8O4. The molecule has 0 heterocycles. The molecule has 12 heteroatoms. The second-order valence-corrected chi connectivity index (χ2v) is 6.51. The number of unbranched alkanes of at least 4 members (excludes halogenated alkanes) is 4. The Kier molecular flexibility index (Phi) is 11.4. The summed E-state index contributed by atoms with van der Waals surface area (Å²) in [6.07, 6.45) is 2.38. The minimum absolute atomic E-state index is 0.220. The number of hydrogen-bond donors (Lipinski definition) is 1. The quantitative estimate of drug-likeness (QED) is 0.210. The molecule has 0 saturated carbocycles. The lowest BCUT2D eigenvalue weighted by molar-refractivity contribution is -0.375. The second kappa shape index (κ2) is 11.9. The molecular weight excluding hydrogens is 420 g/mol. The Morgan fingerprint density at radius 3 is 1.83 bits per heavy atom. The fourth-order valence-corrected chi connectivity index (χ4v) is 2.12. The summed E-state index contributed by atoms with van der Waals surface area (Å²) in [6, 6.07) is 0. The third-order valence-electron chi connectivity index (χ3n) is 3.94. The third kappa shape index (κ3) is 7.88. The second-order valence-electron chi connectivity index (χ2n) is 6.51. The van der Waals surface area contributed by atoms with E-state index < -0.39 is 62.5 Å². The number of carbonyl (C=O) groups excluding carboxylic acids is 1. The molecule has 0 aromatic heterocycles. The lowest BCUT2D eigenvalue weighted by Crippen LogP contribution is -2.64. The Morgan fingerprint density at radius 1 is 0.793 bits per heavy atom. The SMILES string of the molecule is CCCCCCCOCC(F)(F)C(F)(F)C(F)(F)C(F)(F)COC(=O)CCCO. The van der Waals surface area contributed by atoms with E-state index in [1.54, 1.807) is 0 Å². The van der Waals surface area contributed by atoms with Crippen molar-refractivity contribution in [1.82, 2.24) is 0 Å². The van der Waals surface area contributed by atoms with Gasteiger partial charge in [-0.15, -0.1) is 0 Å². The maximum Gasteiger partial charge on any atom is 0.381 e. The van der Waals surface area contributed by atoms with Gasteiger partial charge in [0.25, 0.3) is 0 Å². The Balaban J connectivity index is 4.89. The first-order valence-corrected chi connectivity index (χ1v) is 9.12. The molecule has 0 aliphatic heterocycles. The van der Waals surface area contributed by atoms with E-state index in [-0.39, 0.29) is 12.8 Å². The number of halogens is 8. The standard InChI is InChI=1S/C17H26F8O4/c1-2-3-4-5-6-10-28-11-14(18,19)16(22,23)17(24,25)15(20,21)12-29-13(27)8-7-9-26/h26H,2-12H2,1H3. The van der Waals surface area contributed by atoms with Crippen LogP contribution in [0.15, 0.2) is 0 Å². The highest BCUT2D eigenvalue weighted by atomic mass is 19.4. The summed E-state index contributed by atoms with van der Waals surface area (Å²) in [5, 5.41) is 8.44. The number of aliphatic hydroxyl groups excluding tert-OH is 1. The first kappa shape index (κ1) is 27.8. The van der Waals surface area contributed by atoms with Crippen molar-refractivity contribution < 1.29 is 54.5 Å². The molecule has 0 aromatic rings. The van der Waals surface area contributed by atoms with Crippen molar-refractivity contribution in [3.05, 3.63) is 0 Å². The smallest absolute Gasteiger partial charge is 0.381 e. The van der Waals surface area contributed by atoms with Gasteiger partial charge in [0.1, 0.15) is 6.61 Å². The molecule has 0 radical (unpaired) electrons. The summed E-state index contributed by atoms with van der Waals surface area (Å²) >= 11 is 0. The van der Waals surface area contributed by atoms with Gasteiger partial charge in [0, 0.05) is 19.6 Å². The van der Waals surface area contributed by atoms with Crippen LogP contribution in [0.1, 0.15) is 51.9 Å². The van der Waals surface area contributed by atoms with E-state index in [0.717, 1.165) is 19.3 Å². The van der Waals surface area contributed by atoms with E-state index in [1.165, 1.54) is 0 Å². The molecule has 1 N–H and O–H groups in total. The van der Waals surface area contributed by atoms with Crippen LogP contribution in [0.4, 0.5) is 35.1 Å². The van der Waals surface area contributed by atoms with E-state index >= 15 is 0 Å². The number of aliphatic hydroxyl groups is 1. The Hall–Kier alpha value is -1.17. The Bertz CT molecular complexity index is 486. The normalized spacial score (nSPS) is 13.6. The number of carbonyl (C=O) groups is 1. The summed E-state index contributed by atoms with van der Waals surface area (Å²) in [7, 11) is 0. The Morgan fingerprint density at radius 2 is 1.31 bits per heavy atom. The van der Waals surface area contributed by atoms with E-state index in [1.807, 2.05) is 6.92 Å². The zero-order valence-corrected chi connectivity index (χ0v) is 16.0. The van der Waals surface area contributed by atoms with Crippen LogP contribution in [-0.4, -0.2) is 61.2 Å². The van der Waals surface area contributed by atoms with Gasteiger partial charge in [-0.3, -0.25) is 4.79 Å². The minimum Gasteiger partial charge on any atom is -0.459 e. The summed E-state index contributed by atoms with van der Waals surface area (Å²) in [4.78, 5) is 11.0. The molecule has 0 aliphatic rings. The number of alkyl halides is 8. The van der Waals surface area contributed by atoms with Crippen molar-refractivity contribution in [3.8, 4) is 0 Å². The maximum absolute atomic E-state index is 13.6. The van der Waals surface area contributed by atoms with Crippen LogP contribution in [-0.2, 0) is 14.3 Å². The summed E-state index contributed by atoms with van der Waals surface area (Å²) in [6.45, 7) is -3.72. The van der Waals surface area contributed by atoms with Gasteiger partial charge in [0.15, 0.2) is 6.61 Å². The highest BCUT2D eigenvalue weighted by Gasteiger charge is 2.80. The van der Waals surface area contributed by atoms with Crippen molar-refractivity contribution in [1.29, 1.82) is 0 Å². The highest BCUT2D eigenvalue weighted by molar-refractivity contribution is 5.69. The molecule has 0 aromatic carbocycles. The van der Waals surface area contributed by atoms with Crippen LogP contribution in [0, 0.1) is 0 Å². The fraction of sp³-hybridized carbons (Fsp3) is 0.941. The summed E-state index contributed by atoms with van der Waals surface area (Å²) in [5.74, 6) is -25.8. The molecule has 0 unspecified atom stereocenters. The van der Waals surface area contributed by atoms with Gasteiger partial charge in [0.05, 0.1) is 0 Å². The lowest BCUT2D eigenvalue weighted by atomic mass is 9.99. The zero-order chi connectivity index (χ0) is 22.8. The van der Waals surface area contributed by atoms with E-state index in [0.29, 0.717) is 6.42 Å². The van der Waals surface area contributed by atoms with Crippen LogP contribution in [0.3, 0.4) is 0 Å². The molecule has 0 rings (SSSR count). The van der Waals surface area contributed by atoms with E-state index in [4.69, 9.17) is 5.11 Å². The van der Waals surface area contributed by atoms with E-state index in [2.05, 4.69) is 9.47 Å². The molecule has 0 amide bonds. The molecule has 0 spiro atoms. The van der Waals surface area contributed by atoms with Gasteiger partial charge in [-0.05, 0) is 12.8 Å². The maximum atomic E-state index is 13.6. The predicted molar refractivity (Wildman–Crippen MR) is 86.6 cm³/mol. The highest BCUT2D eigenvalue weighted by Crippen LogP contribution is 2.52. The topological polar surface area (TPSA) is 55.8 Å². The van der Waals surface area contributed by atoms with Gasteiger partial charge < -0.3 is 14.6 Å². The fourth-order valence-electron chi connectivity index (χ4n) is 2.12. The number of hydrogen-bond acceptors (Lipinski definition) is 4. The monoisotopic (exact) mass is 446 g/mol. The number of esters is 1. The van der Waals surface area contributed by atoms with Gasteiger partial charge in [0.2, 0.25) is 0 Å². The van der Waals surface area contributed by atoms with Crippen molar-refractivity contribution in [2.75, 3.05) is 26.4 Å². The predicted octanol–water partition coefficient (Wildman–Crippen LogP) is 4.83. The van der Waals surface area contributed by atoms with Crippen molar-refractivity contribution in [2.24, 2.45) is 0 Å². The first-order valence-electron chi connectivity index (χ1n) is 9.12. The average molecular weight is 446 g/mol. The number of rotatable bonds is 16. The largest absolute Gasteiger partial charge is 0.459 e. The van der Waals surface area contributed by atoms with Crippen molar-refractivity contribution in [2.45, 2.75) is 75.6 Å². The first-order chi connectivity index (χ1) is 13.3. The minimum atomic E-state index is -6.52. The molecule has 174 valence electrons. The lowest BCUT2D eigenvalue weighted by Gasteiger charge is -2.36. The Labute approximate surface area is 163 Å². The third-order valence-corrected chi connectivity index (χ3v) is 3.94. The zero-order valence-electron chi connectivity index (χ0n) is 16.0. The van der Waals surface area contributed by atoms with Crippen molar-refractivity contribution in [3.63, 3.8) is 0 Å². The van der Waals surface area contributed by atoms with E-state index in [9.17, 15) is 39.9 Å². The molecule has 0 aliphatic carbocycles. The van der Waals surface area contributed by atoms with Gasteiger partial charge in [-0.1, -0.05) is 32.6 Å². The number of ether oxygens (including phenoxy) is 2. The molecule has 0 saturated heterocycles. The summed E-state index contributed by atoms with van der Waals surface area (Å²) in [5.41, 5.74) is 0. The molecule has 4 nitrogen and oxygen atoms in total. The molecule has 0 atom stereocenters. The molecule has 29 heavy (non-hydrogen) atoms. The molecule has 0 bridgehead atoms. The van der Waals surface area contributed by atoms with Crippen LogP contribution in [0.2, 0.25) is 0 Å². The van der Waals surface area contributed by atoms with Gasteiger partial charge in [-0.25, -0.2) is 0 Å². The average Bonchev–Trinajstić information content (AvgIpc) is 2.63. The summed E-state index contributed by atoms with van der Waals surface area (Å²) < 4.78 is 117. The van der Waals surface area contributed by atoms with Crippen LogP contribution >= 0.6 is 0 Å². The van der Waals surface area contributed by atoms with Gasteiger partial charge in [-0.2, -0.15) is 35.1 Å². The van der Waals surface area contributed by atoms with Gasteiger partial charge >= 0.3 is 29.7 Å². The van der Waals surface area contributed by atoms with Crippen LogP contribution in [0.25, 0.3) is 0 Å². The molecule has 0 fully saturated rings. The van der Waals surface area contributed by atoms with Crippen LogP contribution in [0.5, 0.6) is 0 Å².